The van der Waals surface area contributed by atoms with Crippen LogP contribution in [0.4, 0.5) is 10.2 Å². The highest BCUT2D eigenvalue weighted by molar-refractivity contribution is 5.79. The first-order chi connectivity index (χ1) is 15.6. The first-order valence-electron chi connectivity index (χ1n) is 11.3. The van der Waals surface area contributed by atoms with Gasteiger partial charge in [0.1, 0.15) is 23.3 Å². The van der Waals surface area contributed by atoms with E-state index in [4.69, 9.17) is 10.5 Å². The second-order valence-electron chi connectivity index (χ2n) is 7.87. The van der Waals surface area contributed by atoms with Crippen LogP contribution in [0.25, 0.3) is 5.69 Å². The quantitative estimate of drug-likeness (QED) is 0.265. The number of ether oxygens (including phenoxy) is 1. The van der Waals surface area contributed by atoms with Gasteiger partial charge in [-0.1, -0.05) is 0 Å². The molecule has 0 bridgehead atoms. The fraction of sp³-hybridized carbons (Fsp3) is 0.522. The first kappa shape index (κ1) is 23.5. The van der Waals surface area contributed by atoms with E-state index in [-0.39, 0.29) is 11.6 Å². The lowest BCUT2D eigenvalue weighted by Crippen LogP contribution is -2.38. The van der Waals surface area contributed by atoms with Gasteiger partial charge in [-0.05, 0) is 69.2 Å². The normalized spacial score (nSPS) is 13.7. The number of anilines is 1. The number of nitrogens with zero attached hydrogens (tertiary/aromatic N) is 4. The number of guanidine groups is 1. The molecule has 0 unspecified atom stereocenters. The molecule has 4 N–H and O–H groups in total. The molecule has 9 heteroatoms. The van der Waals surface area contributed by atoms with E-state index < -0.39 is 0 Å². The van der Waals surface area contributed by atoms with E-state index in [1.54, 1.807) is 12.1 Å². The lowest BCUT2D eigenvalue weighted by atomic mass is 10.1. The topological polar surface area (TPSA) is 113 Å². The van der Waals surface area contributed by atoms with Crippen LogP contribution in [0.1, 0.15) is 43.9 Å². The van der Waals surface area contributed by atoms with Crippen molar-refractivity contribution in [3.8, 4) is 11.8 Å². The van der Waals surface area contributed by atoms with Crippen LogP contribution in [0.5, 0.6) is 0 Å². The molecule has 1 aromatic heterocycles. The molecule has 8 nitrogen and oxygen atoms in total. The minimum Gasteiger partial charge on any atom is -0.382 e. The molecule has 0 atom stereocenters. The van der Waals surface area contributed by atoms with Gasteiger partial charge in [-0.3, -0.25) is 4.99 Å². The first-order valence-corrected chi connectivity index (χ1v) is 11.3. The highest BCUT2D eigenvalue weighted by atomic mass is 19.1. The Labute approximate surface area is 188 Å². The summed E-state index contributed by atoms with van der Waals surface area (Å²) in [5.41, 5.74) is 7.70. The fourth-order valence-electron chi connectivity index (χ4n) is 3.25. The zero-order valence-corrected chi connectivity index (χ0v) is 18.6. The molecule has 1 fully saturated rings. The van der Waals surface area contributed by atoms with E-state index in [1.807, 2.05) is 6.92 Å². The maximum absolute atomic E-state index is 13.2. The van der Waals surface area contributed by atoms with Crippen molar-refractivity contribution in [1.29, 1.82) is 5.26 Å². The monoisotopic (exact) mass is 441 g/mol. The van der Waals surface area contributed by atoms with Gasteiger partial charge >= 0.3 is 0 Å². The van der Waals surface area contributed by atoms with Crippen molar-refractivity contribution >= 4 is 11.8 Å². The number of hydrogen-bond donors (Lipinski definition) is 3. The zero-order valence-electron chi connectivity index (χ0n) is 18.6. The second-order valence-corrected chi connectivity index (χ2v) is 7.87. The Hall–Kier alpha value is -3.12. The predicted molar refractivity (Wildman–Crippen MR) is 123 cm³/mol. The third-order valence-electron chi connectivity index (χ3n) is 5.17. The molecule has 32 heavy (non-hydrogen) atoms. The van der Waals surface area contributed by atoms with Crippen molar-refractivity contribution in [2.24, 2.45) is 10.9 Å². The number of halogens is 1. The number of rotatable bonds is 12. The van der Waals surface area contributed by atoms with Crippen molar-refractivity contribution < 1.29 is 9.13 Å². The van der Waals surface area contributed by atoms with Gasteiger partial charge in [0.2, 0.25) is 0 Å². The van der Waals surface area contributed by atoms with Crippen molar-refractivity contribution in [2.45, 2.75) is 39.0 Å². The number of aliphatic imine (C=N–C) groups is 1. The highest BCUT2D eigenvalue weighted by Crippen LogP contribution is 2.28. The van der Waals surface area contributed by atoms with E-state index in [2.05, 4.69) is 26.8 Å². The van der Waals surface area contributed by atoms with Crippen LogP contribution < -0.4 is 16.4 Å². The molecule has 0 amide bonds. The van der Waals surface area contributed by atoms with E-state index in [0.29, 0.717) is 29.9 Å². The van der Waals surface area contributed by atoms with Gasteiger partial charge in [-0.15, -0.1) is 0 Å². The van der Waals surface area contributed by atoms with E-state index >= 15 is 0 Å². The highest BCUT2D eigenvalue weighted by Gasteiger charge is 2.20. The van der Waals surface area contributed by atoms with Crippen molar-refractivity contribution in [3.63, 3.8) is 0 Å². The van der Waals surface area contributed by atoms with Crippen LogP contribution in [0.15, 0.2) is 29.3 Å². The van der Waals surface area contributed by atoms with Gasteiger partial charge in [0.25, 0.3) is 0 Å². The average Bonchev–Trinajstić information content (AvgIpc) is 3.56. The van der Waals surface area contributed by atoms with Crippen LogP contribution in [0.3, 0.4) is 0 Å². The van der Waals surface area contributed by atoms with Gasteiger partial charge in [-0.2, -0.15) is 10.4 Å². The molecule has 1 aliphatic carbocycles. The van der Waals surface area contributed by atoms with Crippen molar-refractivity contribution in [3.05, 3.63) is 41.3 Å². The summed E-state index contributed by atoms with van der Waals surface area (Å²) >= 11 is 0. The van der Waals surface area contributed by atoms with Gasteiger partial charge in [0.15, 0.2) is 5.96 Å². The largest absolute Gasteiger partial charge is 0.382 e. The number of aryl methyl sites for hydroxylation is 1. The average molecular weight is 442 g/mol. The number of nitrogens with one attached hydrogen (secondary N) is 2. The molecule has 3 rings (SSSR count). The summed E-state index contributed by atoms with van der Waals surface area (Å²) in [5, 5.41) is 20.5. The van der Waals surface area contributed by atoms with Crippen molar-refractivity contribution in [2.75, 3.05) is 38.6 Å². The number of benzene rings is 1. The third-order valence-corrected chi connectivity index (χ3v) is 5.17. The van der Waals surface area contributed by atoms with Crippen molar-refractivity contribution in [1.82, 2.24) is 20.4 Å². The summed E-state index contributed by atoms with van der Waals surface area (Å²) in [6.07, 6.45) is 4.84. The summed E-state index contributed by atoms with van der Waals surface area (Å²) in [6, 6.07) is 7.98. The lowest BCUT2D eigenvalue weighted by Gasteiger charge is -2.11. The summed E-state index contributed by atoms with van der Waals surface area (Å²) in [5.74, 6) is 1.48. The minimum atomic E-state index is -0.339. The van der Waals surface area contributed by atoms with Crippen LogP contribution in [0.2, 0.25) is 0 Å². The SMILES string of the molecule is CCNC(=NCCCc1nn(-c2ccc(F)cc2)c(N)c1C#N)NCCCOCC1CC1. The number of hydrogen-bond acceptors (Lipinski definition) is 5. The van der Waals surface area contributed by atoms with Gasteiger partial charge in [-0.25, -0.2) is 9.07 Å². The van der Waals surface area contributed by atoms with E-state index in [9.17, 15) is 9.65 Å². The number of nitriles is 1. The lowest BCUT2D eigenvalue weighted by molar-refractivity contribution is 0.123. The molecule has 0 spiro atoms. The molecular formula is C23H32FN7O. The van der Waals surface area contributed by atoms with E-state index in [0.717, 1.165) is 51.0 Å². The smallest absolute Gasteiger partial charge is 0.191 e. The minimum absolute atomic E-state index is 0.261. The van der Waals surface area contributed by atoms with Gasteiger partial charge < -0.3 is 21.1 Å². The Balaban J connectivity index is 1.48. The molecule has 1 heterocycles. The molecule has 0 radical (unpaired) electrons. The number of aromatic nitrogens is 2. The standard InChI is InChI=1S/C23H32FN7O/c1-2-27-23(29-13-4-14-32-16-17-6-7-17)28-12-3-5-21-20(15-25)22(26)31(30-21)19-10-8-18(24)9-11-19/h8-11,17H,2-7,12-14,16,26H2,1H3,(H2,27,28,29). The molecule has 172 valence electrons. The Morgan fingerprint density at radius 3 is 2.78 bits per heavy atom. The second kappa shape index (κ2) is 12.1. The Bertz CT molecular complexity index is 929. The predicted octanol–water partition coefficient (Wildman–Crippen LogP) is 2.77. The zero-order chi connectivity index (χ0) is 22.8. The van der Waals surface area contributed by atoms with Crippen LogP contribution in [-0.2, 0) is 11.2 Å². The van der Waals surface area contributed by atoms with Crippen LogP contribution >= 0.6 is 0 Å². The van der Waals surface area contributed by atoms with Crippen LogP contribution in [0, 0.1) is 23.1 Å². The molecule has 1 aromatic carbocycles. The summed E-state index contributed by atoms with van der Waals surface area (Å²) in [4.78, 5) is 4.60. The van der Waals surface area contributed by atoms with Crippen LogP contribution in [-0.4, -0.2) is 48.6 Å². The maximum atomic E-state index is 13.2. The summed E-state index contributed by atoms with van der Waals surface area (Å²) in [6.45, 7) is 5.84. The molecule has 1 aliphatic rings. The third kappa shape index (κ3) is 6.95. The Kier molecular flexibility index (Phi) is 8.87. The maximum Gasteiger partial charge on any atom is 0.191 e. The van der Waals surface area contributed by atoms with Gasteiger partial charge in [0, 0.05) is 32.8 Å². The van der Waals surface area contributed by atoms with Gasteiger partial charge in [0.05, 0.1) is 11.4 Å². The Morgan fingerprint density at radius 1 is 1.31 bits per heavy atom. The summed E-state index contributed by atoms with van der Waals surface area (Å²) < 4.78 is 20.3. The molecule has 2 aromatic rings. The number of nitrogen functional groups attached to an aromatic ring is 1. The van der Waals surface area contributed by atoms with E-state index in [1.165, 1.54) is 29.7 Å². The summed E-state index contributed by atoms with van der Waals surface area (Å²) in [7, 11) is 0. The molecular weight excluding hydrogens is 409 g/mol. The molecule has 0 saturated heterocycles. The fourth-order valence-corrected chi connectivity index (χ4v) is 3.25. The Morgan fingerprint density at radius 2 is 2.09 bits per heavy atom. The molecule has 0 aliphatic heterocycles. The molecule has 1 saturated carbocycles. The number of nitrogens with two attached hydrogens (primary N) is 1.